The van der Waals surface area contributed by atoms with Crippen LogP contribution in [-0.2, 0) is 10.0 Å². The molecule has 0 spiro atoms. The van der Waals surface area contributed by atoms with Crippen LogP contribution in [0.2, 0.25) is 0 Å². The highest BCUT2D eigenvalue weighted by molar-refractivity contribution is 7.92. The van der Waals surface area contributed by atoms with E-state index in [2.05, 4.69) is 15.0 Å². The van der Waals surface area contributed by atoms with Gasteiger partial charge >= 0.3 is 0 Å². The third-order valence-electron chi connectivity index (χ3n) is 3.70. The van der Waals surface area contributed by atoms with Gasteiger partial charge in [0.05, 0.1) is 10.6 Å². The van der Waals surface area contributed by atoms with Gasteiger partial charge in [-0.05, 0) is 31.4 Å². The molecule has 3 rings (SSSR count). The molecule has 0 amide bonds. The van der Waals surface area contributed by atoms with E-state index in [1.165, 1.54) is 6.07 Å². The predicted octanol–water partition coefficient (Wildman–Crippen LogP) is 3.87. The summed E-state index contributed by atoms with van der Waals surface area (Å²) in [4.78, 5) is 0.176. The number of hydrogen-bond donors (Lipinski definition) is 1. The zero-order valence-corrected chi connectivity index (χ0v) is 15.2. The van der Waals surface area contributed by atoms with E-state index >= 15 is 0 Å². The third-order valence-corrected chi connectivity index (χ3v) is 5.11. The van der Waals surface area contributed by atoms with Crippen molar-refractivity contribution in [3.8, 4) is 11.3 Å². The highest BCUT2D eigenvalue weighted by Crippen LogP contribution is 2.31. The number of rotatable bonds is 5. The van der Waals surface area contributed by atoms with Crippen LogP contribution in [0, 0.1) is 13.8 Å². The fraction of sp³-hybridized carbons (Fsp3) is 0.294. The van der Waals surface area contributed by atoms with Gasteiger partial charge in [0, 0.05) is 17.7 Å². The first-order valence-electron chi connectivity index (χ1n) is 7.80. The Kier molecular flexibility index (Phi) is 4.38. The summed E-state index contributed by atoms with van der Waals surface area (Å²) in [6.07, 6.45) is 0. The molecule has 0 atom stereocenters. The van der Waals surface area contributed by atoms with Crippen molar-refractivity contribution in [1.29, 1.82) is 0 Å². The molecule has 3 aromatic rings. The fourth-order valence-corrected chi connectivity index (χ4v) is 3.88. The maximum atomic E-state index is 12.9. The van der Waals surface area contributed by atoms with Crippen molar-refractivity contribution in [3.05, 3.63) is 47.3 Å². The van der Waals surface area contributed by atoms with E-state index in [4.69, 9.17) is 9.05 Å². The van der Waals surface area contributed by atoms with Gasteiger partial charge in [-0.3, -0.25) is 4.72 Å². The Labute approximate surface area is 146 Å². The Hall–Kier alpha value is -2.61. The number of anilines is 1. The van der Waals surface area contributed by atoms with E-state index in [1.807, 2.05) is 26.8 Å². The Morgan fingerprint density at radius 1 is 1.04 bits per heavy atom. The highest BCUT2D eigenvalue weighted by Gasteiger charge is 2.23. The minimum atomic E-state index is -3.83. The molecule has 0 saturated carbocycles. The van der Waals surface area contributed by atoms with Crippen LogP contribution in [0.1, 0.15) is 36.8 Å². The highest BCUT2D eigenvalue weighted by atomic mass is 32.2. The van der Waals surface area contributed by atoms with E-state index in [-0.39, 0.29) is 16.6 Å². The van der Waals surface area contributed by atoms with Crippen molar-refractivity contribution in [3.63, 3.8) is 0 Å². The lowest BCUT2D eigenvalue weighted by atomic mass is 10.0. The topological polar surface area (TPSA) is 98.2 Å². The Balaban J connectivity index is 2.08. The van der Waals surface area contributed by atoms with Gasteiger partial charge in [-0.1, -0.05) is 36.3 Å². The van der Waals surface area contributed by atoms with Crippen molar-refractivity contribution in [2.45, 2.75) is 38.5 Å². The molecular weight excluding hydrogens is 342 g/mol. The van der Waals surface area contributed by atoms with Crippen molar-refractivity contribution < 1.29 is 17.5 Å². The average Bonchev–Trinajstić information content (AvgIpc) is 3.14. The first-order valence-corrected chi connectivity index (χ1v) is 9.28. The molecule has 0 aliphatic heterocycles. The molecule has 2 heterocycles. The molecule has 1 N–H and O–H groups in total. The number of benzene rings is 1. The minimum absolute atomic E-state index is 0.0242. The molecule has 0 fully saturated rings. The van der Waals surface area contributed by atoms with Gasteiger partial charge < -0.3 is 9.05 Å². The van der Waals surface area contributed by atoms with Gasteiger partial charge in [0.15, 0.2) is 11.6 Å². The molecule has 7 nitrogen and oxygen atoms in total. The minimum Gasteiger partial charge on any atom is -0.360 e. The zero-order chi connectivity index (χ0) is 18.2. The second-order valence-electron chi connectivity index (χ2n) is 6.17. The lowest BCUT2D eigenvalue weighted by molar-refractivity contribution is 0.400. The monoisotopic (exact) mass is 361 g/mol. The third kappa shape index (κ3) is 3.58. The van der Waals surface area contributed by atoms with Crippen molar-refractivity contribution >= 4 is 15.8 Å². The molecule has 0 unspecified atom stereocenters. The molecule has 132 valence electrons. The molecular formula is C17H19N3O4S. The average molecular weight is 361 g/mol. The Morgan fingerprint density at radius 2 is 1.80 bits per heavy atom. The van der Waals surface area contributed by atoms with Crippen LogP contribution in [0.25, 0.3) is 11.3 Å². The quantitative estimate of drug-likeness (QED) is 0.741. The Morgan fingerprint density at radius 3 is 2.36 bits per heavy atom. The summed E-state index contributed by atoms with van der Waals surface area (Å²) in [5.41, 5.74) is 2.07. The van der Waals surface area contributed by atoms with E-state index < -0.39 is 10.0 Å². The zero-order valence-electron chi connectivity index (χ0n) is 14.4. The van der Waals surface area contributed by atoms with Crippen LogP contribution in [0.3, 0.4) is 0 Å². The van der Waals surface area contributed by atoms with Gasteiger partial charge in [0.1, 0.15) is 5.76 Å². The van der Waals surface area contributed by atoms with Gasteiger partial charge in [-0.25, -0.2) is 8.42 Å². The van der Waals surface area contributed by atoms with E-state index in [0.29, 0.717) is 22.6 Å². The van der Waals surface area contributed by atoms with Gasteiger partial charge in [-0.2, -0.15) is 0 Å². The summed E-state index contributed by atoms with van der Waals surface area (Å²) < 4.78 is 38.4. The van der Waals surface area contributed by atoms with Crippen molar-refractivity contribution in [1.82, 2.24) is 10.3 Å². The second kappa shape index (κ2) is 6.36. The van der Waals surface area contributed by atoms with Crippen LogP contribution in [0.15, 0.2) is 44.3 Å². The number of aryl methyl sites for hydroxylation is 2. The molecule has 0 aliphatic rings. The van der Waals surface area contributed by atoms with E-state index in [9.17, 15) is 8.42 Å². The molecule has 0 aliphatic carbocycles. The van der Waals surface area contributed by atoms with E-state index in [1.54, 1.807) is 25.1 Å². The SMILES string of the molecule is Cc1cc(-c2ccc(C(C)C)c(S(=O)(=O)Nc3cc(C)on3)c2)on1. The molecule has 0 bridgehead atoms. The summed E-state index contributed by atoms with van der Waals surface area (Å²) in [5, 5.41) is 7.54. The van der Waals surface area contributed by atoms with Crippen LogP contribution in [0.4, 0.5) is 5.82 Å². The second-order valence-corrected chi connectivity index (χ2v) is 7.82. The number of nitrogens with zero attached hydrogens (tertiary/aromatic N) is 2. The van der Waals surface area contributed by atoms with Gasteiger partial charge in [0.2, 0.25) is 0 Å². The predicted molar refractivity (Wildman–Crippen MR) is 92.8 cm³/mol. The maximum Gasteiger partial charge on any atom is 0.263 e. The number of aromatic nitrogens is 2. The number of sulfonamides is 1. The molecule has 0 radical (unpaired) electrons. The van der Waals surface area contributed by atoms with E-state index in [0.717, 1.165) is 5.69 Å². The molecule has 2 aromatic heterocycles. The number of nitrogens with one attached hydrogen (secondary N) is 1. The molecule has 25 heavy (non-hydrogen) atoms. The van der Waals surface area contributed by atoms with Crippen molar-refractivity contribution in [2.75, 3.05) is 4.72 Å². The standard InChI is InChI=1S/C17H19N3O4S/c1-10(2)14-6-5-13(15-7-11(3)18-24-15)9-16(14)25(21,22)20-17-8-12(4)23-19-17/h5-10H,1-4H3,(H,19,20). The van der Waals surface area contributed by atoms with Crippen LogP contribution < -0.4 is 4.72 Å². The lowest BCUT2D eigenvalue weighted by Crippen LogP contribution is -2.16. The maximum absolute atomic E-state index is 12.9. The summed E-state index contributed by atoms with van der Waals surface area (Å²) in [6, 6.07) is 8.49. The number of hydrogen-bond acceptors (Lipinski definition) is 6. The van der Waals surface area contributed by atoms with Crippen LogP contribution in [0.5, 0.6) is 0 Å². The van der Waals surface area contributed by atoms with Crippen molar-refractivity contribution in [2.24, 2.45) is 0 Å². The lowest BCUT2D eigenvalue weighted by Gasteiger charge is -2.14. The first kappa shape index (κ1) is 17.2. The van der Waals surface area contributed by atoms with Crippen LogP contribution in [-0.4, -0.2) is 18.7 Å². The normalized spacial score (nSPS) is 11.9. The van der Waals surface area contributed by atoms with Crippen LogP contribution >= 0.6 is 0 Å². The van der Waals surface area contributed by atoms with Gasteiger partial charge in [-0.15, -0.1) is 0 Å². The summed E-state index contributed by atoms with van der Waals surface area (Å²) in [6.45, 7) is 7.37. The molecule has 1 aromatic carbocycles. The smallest absolute Gasteiger partial charge is 0.263 e. The molecule has 0 saturated heterocycles. The molecule has 8 heteroatoms. The van der Waals surface area contributed by atoms with Gasteiger partial charge in [0.25, 0.3) is 10.0 Å². The first-order chi connectivity index (χ1) is 11.8. The summed E-state index contributed by atoms with van der Waals surface area (Å²) in [5.74, 6) is 1.21. The largest absolute Gasteiger partial charge is 0.360 e. The fourth-order valence-electron chi connectivity index (χ4n) is 2.50. The Bertz CT molecular complexity index is 1000. The summed E-state index contributed by atoms with van der Waals surface area (Å²) in [7, 11) is -3.83. The summed E-state index contributed by atoms with van der Waals surface area (Å²) >= 11 is 0.